The number of methoxy groups -OCH3 is 1. The minimum Gasteiger partial charge on any atom is -0.496 e. The number of carbonyl (C=O) groups is 4. The summed E-state index contributed by atoms with van der Waals surface area (Å²) in [5.74, 6) is -2.60. The molecule has 1 aliphatic heterocycles. The summed E-state index contributed by atoms with van der Waals surface area (Å²) in [6.45, 7) is -0.621. The molecule has 8 heteroatoms. The van der Waals surface area contributed by atoms with Gasteiger partial charge < -0.3 is 9.47 Å². The summed E-state index contributed by atoms with van der Waals surface area (Å²) in [5.41, 5.74) is 0.293. The van der Waals surface area contributed by atoms with Gasteiger partial charge in [0.1, 0.15) is 11.6 Å². The van der Waals surface area contributed by atoms with Gasteiger partial charge in [0.05, 0.1) is 23.9 Å². The van der Waals surface area contributed by atoms with E-state index < -0.39 is 24.2 Å². The Balaban J connectivity index is 1.71. The van der Waals surface area contributed by atoms with Gasteiger partial charge >= 0.3 is 5.97 Å². The minimum atomic E-state index is -0.815. The number of hydrogen-bond donors (Lipinski definition) is 0. The van der Waals surface area contributed by atoms with Crippen LogP contribution in [0.25, 0.3) is 0 Å². The molecule has 0 unspecified atom stereocenters. The zero-order chi connectivity index (χ0) is 20.3. The Hall–Kier alpha value is -3.55. The van der Waals surface area contributed by atoms with E-state index in [2.05, 4.69) is 0 Å². The maximum absolute atomic E-state index is 13.4. The van der Waals surface area contributed by atoms with Crippen LogP contribution >= 0.6 is 0 Å². The third-order valence-corrected chi connectivity index (χ3v) is 4.19. The van der Waals surface area contributed by atoms with E-state index in [1.165, 1.54) is 37.4 Å². The Kier molecular flexibility index (Phi) is 5.49. The molecule has 2 aromatic rings. The first-order valence-electron chi connectivity index (χ1n) is 8.40. The number of ketones is 1. The Morgan fingerprint density at radius 3 is 2.46 bits per heavy atom. The highest BCUT2D eigenvalue weighted by Crippen LogP contribution is 2.24. The van der Waals surface area contributed by atoms with E-state index in [9.17, 15) is 23.6 Å². The number of rotatable bonds is 6. The van der Waals surface area contributed by atoms with Crippen LogP contribution in [-0.2, 0) is 14.3 Å². The summed E-state index contributed by atoms with van der Waals surface area (Å²) < 4.78 is 23.4. The maximum atomic E-state index is 13.4. The van der Waals surface area contributed by atoms with Crippen molar-refractivity contribution in [3.05, 3.63) is 59.4 Å². The Morgan fingerprint density at radius 1 is 1.07 bits per heavy atom. The zero-order valence-electron chi connectivity index (χ0n) is 14.9. The van der Waals surface area contributed by atoms with Crippen LogP contribution in [0.15, 0.2) is 42.5 Å². The number of benzene rings is 2. The number of nitrogens with zero attached hydrogens (tertiary/aromatic N) is 1. The van der Waals surface area contributed by atoms with Crippen molar-refractivity contribution in [2.45, 2.75) is 12.8 Å². The molecular formula is C20H16FNO6. The second kappa shape index (κ2) is 7.99. The highest BCUT2D eigenvalue weighted by Gasteiger charge is 2.30. The molecule has 28 heavy (non-hydrogen) atoms. The number of amides is 2. The van der Waals surface area contributed by atoms with Crippen LogP contribution in [0, 0.1) is 5.82 Å². The topological polar surface area (TPSA) is 90.0 Å². The van der Waals surface area contributed by atoms with Crippen molar-refractivity contribution in [3.8, 4) is 5.75 Å². The van der Waals surface area contributed by atoms with Crippen molar-refractivity contribution in [2.75, 3.05) is 18.6 Å². The van der Waals surface area contributed by atoms with Crippen LogP contribution in [0.5, 0.6) is 5.75 Å². The van der Waals surface area contributed by atoms with E-state index in [1.807, 2.05) is 0 Å². The first-order chi connectivity index (χ1) is 13.4. The quantitative estimate of drug-likeness (QED) is 0.431. The molecular weight excluding hydrogens is 369 g/mol. The highest BCUT2D eigenvalue weighted by molar-refractivity contribution is 6.20. The number of halogens is 1. The summed E-state index contributed by atoms with van der Waals surface area (Å²) in [5, 5.41) is 0. The van der Waals surface area contributed by atoms with Crippen molar-refractivity contribution < 1.29 is 33.0 Å². The third kappa shape index (κ3) is 3.90. The number of esters is 1. The van der Waals surface area contributed by atoms with Gasteiger partial charge in [-0.2, -0.15) is 0 Å². The van der Waals surface area contributed by atoms with E-state index in [-0.39, 0.29) is 47.2 Å². The predicted octanol–water partition coefficient (Wildman–Crippen LogP) is 2.53. The lowest BCUT2D eigenvalue weighted by atomic mass is 10.1. The van der Waals surface area contributed by atoms with Crippen molar-refractivity contribution in [3.63, 3.8) is 0 Å². The predicted molar refractivity (Wildman–Crippen MR) is 95.7 cm³/mol. The van der Waals surface area contributed by atoms with Gasteiger partial charge in [-0.05, 0) is 36.4 Å². The van der Waals surface area contributed by atoms with Gasteiger partial charge in [-0.15, -0.1) is 0 Å². The second-order valence-corrected chi connectivity index (χ2v) is 6.02. The molecule has 0 atom stereocenters. The molecule has 1 aliphatic rings. The molecule has 1 heterocycles. The molecule has 0 aliphatic carbocycles. The number of imide groups is 1. The second-order valence-electron chi connectivity index (χ2n) is 6.02. The van der Waals surface area contributed by atoms with E-state index >= 15 is 0 Å². The smallest absolute Gasteiger partial charge is 0.338 e. The van der Waals surface area contributed by atoms with Gasteiger partial charge in [0.15, 0.2) is 6.61 Å². The largest absolute Gasteiger partial charge is 0.496 e. The number of anilines is 1. The molecule has 0 saturated carbocycles. The molecule has 2 amide bonds. The minimum absolute atomic E-state index is 0.0442. The Morgan fingerprint density at radius 2 is 1.79 bits per heavy atom. The lowest BCUT2D eigenvalue weighted by Crippen LogP contribution is -2.28. The lowest BCUT2D eigenvalue weighted by Gasteiger charge is -2.14. The molecule has 7 nitrogen and oxygen atoms in total. The van der Waals surface area contributed by atoms with E-state index in [4.69, 9.17) is 9.47 Å². The van der Waals surface area contributed by atoms with Gasteiger partial charge in [-0.25, -0.2) is 9.18 Å². The Labute approximate surface area is 159 Å². The highest BCUT2D eigenvalue weighted by atomic mass is 19.1. The van der Waals surface area contributed by atoms with Crippen LogP contribution in [0.4, 0.5) is 10.1 Å². The Bertz CT molecular complexity index is 955. The first kappa shape index (κ1) is 19.2. The summed E-state index contributed by atoms with van der Waals surface area (Å²) in [6, 6.07) is 9.26. The maximum Gasteiger partial charge on any atom is 0.338 e. The van der Waals surface area contributed by atoms with Crippen LogP contribution < -0.4 is 9.64 Å². The number of hydrogen-bond acceptors (Lipinski definition) is 6. The van der Waals surface area contributed by atoms with Crippen molar-refractivity contribution >= 4 is 29.3 Å². The average Bonchev–Trinajstić information content (AvgIpc) is 3.04. The number of ether oxygens (including phenoxy) is 2. The lowest BCUT2D eigenvalue weighted by molar-refractivity contribution is -0.121. The van der Waals surface area contributed by atoms with E-state index in [0.29, 0.717) is 0 Å². The molecule has 1 fully saturated rings. The average molecular weight is 385 g/mol. The number of Topliss-reactive ketones (excluding diaryl/α,β-unsaturated/α-hetero) is 1. The van der Waals surface area contributed by atoms with Crippen LogP contribution in [0.2, 0.25) is 0 Å². The van der Waals surface area contributed by atoms with Gasteiger partial charge in [-0.1, -0.05) is 6.07 Å². The molecule has 0 N–H and O–H groups in total. The standard InChI is InChI=1S/C20H16FNO6/c1-27-17-6-5-13(21)10-15(17)16(23)11-28-20(26)12-3-2-4-14(9-12)22-18(24)7-8-19(22)25/h2-6,9-10H,7-8,11H2,1H3. The molecule has 0 spiro atoms. The third-order valence-electron chi connectivity index (χ3n) is 4.19. The molecule has 0 radical (unpaired) electrons. The summed E-state index contributed by atoms with van der Waals surface area (Å²) in [6.07, 6.45) is 0.245. The fourth-order valence-electron chi connectivity index (χ4n) is 2.83. The normalized spacial score (nSPS) is 13.6. The zero-order valence-corrected chi connectivity index (χ0v) is 14.9. The molecule has 1 saturated heterocycles. The van der Waals surface area contributed by atoms with Gasteiger partial charge in [-0.3, -0.25) is 19.3 Å². The summed E-state index contributed by atoms with van der Waals surface area (Å²) in [7, 11) is 1.34. The molecule has 144 valence electrons. The van der Waals surface area contributed by atoms with Crippen molar-refractivity contribution in [2.24, 2.45) is 0 Å². The summed E-state index contributed by atoms with van der Waals surface area (Å²) in [4.78, 5) is 49.2. The van der Waals surface area contributed by atoms with Gasteiger partial charge in [0.25, 0.3) is 0 Å². The summed E-state index contributed by atoms with van der Waals surface area (Å²) >= 11 is 0. The SMILES string of the molecule is COc1ccc(F)cc1C(=O)COC(=O)c1cccc(N2C(=O)CCC2=O)c1. The van der Waals surface area contributed by atoms with Crippen LogP contribution in [-0.4, -0.2) is 37.3 Å². The molecule has 2 aromatic carbocycles. The van der Waals surface area contributed by atoms with Crippen molar-refractivity contribution in [1.82, 2.24) is 0 Å². The van der Waals surface area contributed by atoms with E-state index in [0.717, 1.165) is 17.0 Å². The van der Waals surface area contributed by atoms with Gasteiger partial charge in [0.2, 0.25) is 17.6 Å². The van der Waals surface area contributed by atoms with Crippen LogP contribution in [0.1, 0.15) is 33.6 Å². The molecule has 3 rings (SSSR count). The fraction of sp³-hybridized carbons (Fsp3) is 0.200. The molecule has 0 bridgehead atoms. The molecule has 0 aromatic heterocycles. The van der Waals surface area contributed by atoms with Gasteiger partial charge in [0, 0.05) is 12.8 Å². The van der Waals surface area contributed by atoms with Crippen molar-refractivity contribution in [1.29, 1.82) is 0 Å². The van der Waals surface area contributed by atoms with E-state index in [1.54, 1.807) is 0 Å². The number of carbonyl (C=O) groups excluding carboxylic acids is 4. The fourth-order valence-corrected chi connectivity index (χ4v) is 2.83. The monoisotopic (exact) mass is 385 g/mol. The first-order valence-corrected chi connectivity index (χ1v) is 8.40. The van der Waals surface area contributed by atoms with Crippen LogP contribution in [0.3, 0.4) is 0 Å².